The molecule has 1 aromatic carbocycles. The van der Waals surface area contributed by atoms with E-state index in [0.717, 1.165) is 6.42 Å². The maximum absolute atomic E-state index is 12.0. The fourth-order valence-electron chi connectivity index (χ4n) is 1.83. The van der Waals surface area contributed by atoms with Gasteiger partial charge in [-0.2, -0.15) is 0 Å². The minimum Gasteiger partial charge on any atom is -0.496 e. The maximum Gasteiger partial charge on any atom is 0.325 e. The van der Waals surface area contributed by atoms with E-state index in [4.69, 9.17) is 9.47 Å². The summed E-state index contributed by atoms with van der Waals surface area (Å²) in [6.07, 6.45) is 0.856. The molecule has 0 aliphatic rings. The Kier molecular flexibility index (Phi) is 8.32. The van der Waals surface area contributed by atoms with E-state index in [1.807, 2.05) is 0 Å². The Morgan fingerprint density at radius 1 is 1.12 bits per heavy atom. The van der Waals surface area contributed by atoms with Crippen molar-refractivity contribution in [2.75, 3.05) is 26.8 Å². The van der Waals surface area contributed by atoms with Crippen LogP contribution in [0.3, 0.4) is 0 Å². The van der Waals surface area contributed by atoms with Crippen molar-refractivity contribution >= 4 is 17.8 Å². The van der Waals surface area contributed by atoms with Gasteiger partial charge in [0, 0.05) is 6.54 Å². The monoisotopic (exact) mass is 336 g/mol. The number of esters is 1. The van der Waals surface area contributed by atoms with Gasteiger partial charge in [0.15, 0.2) is 6.61 Å². The molecule has 0 saturated carbocycles. The smallest absolute Gasteiger partial charge is 0.325 e. The van der Waals surface area contributed by atoms with E-state index in [-0.39, 0.29) is 19.1 Å². The lowest BCUT2D eigenvalue weighted by Gasteiger charge is -2.10. The minimum absolute atomic E-state index is 0.319. The number of carbonyl (C=O) groups is 3. The van der Waals surface area contributed by atoms with Crippen LogP contribution in [0.25, 0.3) is 0 Å². The molecule has 1 aromatic rings. The Balaban J connectivity index is 2.31. The first-order valence-electron chi connectivity index (χ1n) is 7.77. The van der Waals surface area contributed by atoms with Crippen LogP contribution in [0.5, 0.6) is 5.75 Å². The number of para-hydroxylation sites is 1. The highest BCUT2D eigenvalue weighted by molar-refractivity contribution is 5.98. The number of hydrogen-bond acceptors (Lipinski definition) is 5. The van der Waals surface area contributed by atoms with Crippen LogP contribution in [0, 0.1) is 5.92 Å². The van der Waals surface area contributed by atoms with Crippen molar-refractivity contribution in [1.29, 1.82) is 0 Å². The van der Waals surface area contributed by atoms with Gasteiger partial charge in [0.05, 0.1) is 12.7 Å². The van der Waals surface area contributed by atoms with Crippen LogP contribution in [-0.4, -0.2) is 44.6 Å². The van der Waals surface area contributed by atoms with E-state index < -0.39 is 11.9 Å². The van der Waals surface area contributed by atoms with Gasteiger partial charge >= 0.3 is 5.97 Å². The maximum atomic E-state index is 12.0. The third kappa shape index (κ3) is 7.13. The molecule has 0 unspecified atom stereocenters. The molecule has 7 heteroatoms. The van der Waals surface area contributed by atoms with Gasteiger partial charge in [0.2, 0.25) is 0 Å². The lowest BCUT2D eigenvalue weighted by atomic mass is 10.1. The number of methoxy groups -OCH3 is 1. The molecule has 7 nitrogen and oxygen atoms in total. The van der Waals surface area contributed by atoms with Gasteiger partial charge in [-0.25, -0.2) is 0 Å². The lowest BCUT2D eigenvalue weighted by Crippen LogP contribution is -2.34. The topological polar surface area (TPSA) is 93.7 Å². The summed E-state index contributed by atoms with van der Waals surface area (Å²) in [5.41, 5.74) is 0.319. The van der Waals surface area contributed by atoms with E-state index in [9.17, 15) is 14.4 Å². The zero-order valence-electron chi connectivity index (χ0n) is 14.3. The Morgan fingerprint density at radius 2 is 1.83 bits per heavy atom. The van der Waals surface area contributed by atoms with Crippen molar-refractivity contribution in [3.05, 3.63) is 29.8 Å². The number of benzene rings is 1. The first-order valence-corrected chi connectivity index (χ1v) is 7.77. The Bertz CT molecular complexity index is 572. The summed E-state index contributed by atoms with van der Waals surface area (Å²) in [7, 11) is 1.46. The van der Waals surface area contributed by atoms with E-state index in [0.29, 0.717) is 23.8 Å². The predicted molar refractivity (Wildman–Crippen MR) is 88.8 cm³/mol. The predicted octanol–water partition coefficient (Wildman–Crippen LogP) is 1.13. The van der Waals surface area contributed by atoms with Crippen LogP contribution in [0.1, 0.15) is 30.6 Å². The van der Waals surface area contributed by atoms with Crippen molar-refractivity contribution in [1.82, 2.24) is 10.6 Å². The number of amides is 2. The molecular weight excluding hydrogens is 312 g/mol. The Hall–Kier alpha value is -2.57. The van der Waals surface area contributed by atoms with Gasteiger partial charge in [-0.3, -0.25) is 14.4 Å². The van der Waals surface area contributed by atoms with Crippen LogP contribution in [0.2, 0.25) is 0 Å². The van der Waals surface area contributed by atoms with E-state index in [2.05, 4.69) is 24.5 Å². The van der Waals surface area contributed by atoms with Gasteiger partial charge < -0.3 is 20.1 Å². The van der Waals surface area contributed by atoms with E-state index in [1.165, 1.54) is 7.11 Å². The first-order chi connectivity index (χ1) is 11.4. The molecule has 2 amide bonds. The molecule has 0 bridgehead atoms. The van der Waals surface area contributed by atoms with Crippen molar-refractivity contribution in [3.63, 3.8) is 0 Å². The second-order valence-electron chi connectivity index (χ2n) is 5.58. The normalized spacial score (nSPS) is 10.2. The zero-order chi connectivity index (χ0) is 17.9. The van der Waals surface area contributed by atoms with Crippen molar-refractivity contribution in [3.8, 4) is 5.75 Å². The number of ether oxygens (including phenoxy) is 2. The fourth-order valence-corrected chi connectivity index (χ4v) is 1.83. The van der Waals surface area contributed by atoms with Crippen LogP contribution < -0.4 is 15.4 Å². The van der Waals surface area contributed by atoms with Crippen LogP contribution in [-0.2, 0) is 14.3 Å². The Labute approximate surface area is 141 Å². The highest BCUT2D eigenvalue weighted by Crippen LogP contribution is 2.16. The number of nitrogens with one attached hydrogen (secondary N) is 2. The first kappa shape index (κ1) is 19.5. The molecule has 0 aliphatic heterocycles. The van der Waals surface area contributed by atoms with Crippen molar-refractivity contribution in [2.24, 2.45) is 5.92 Å². The molecule has 0 fully saturated rings. The standard InChI is InChI=1S/C17H24N2O5/c1-12(2)8-9-18-15(20)11-24-16(21)10-19-17(22)13-6-4-5-7-14(13)23-3/h4-7,12H,8-11H2,1-3H3,(H,18,20)(H,19,22). The molecule has 132 valence electrons. The van der Waals surface area contributed by atoms with E-state index in [1.54, 1.807) is 24.3 Å². The van der Waals surface area contributed by atoms with Gasteiger partial charge in [-0.1, -0.05) is 26.0 Å². The summed E-state index contributed by atoms with van der Waals surface area (Å²) in [6, 6.07) is 6.66. The molecule has 1 rings (SSSR count). The van der Waals surface area contributed by atoms with Gasteiger partial charge in [-0.15, -0.1) is 0 Å². The summed E-state index contributed by atoms with van der Waals surface area (Å²) < 4.78 is 9.88. The average Bonchev–Trinajstić information content (AvgIpc) is 2.57. The second kappa shape index (κ2) is 10.3. The molecule has 0 saturated heterocycles. The SMILES string of the molecule is COc1ccccc1C(=O)NCC(=O)OCC(=O)NCCC(C)C. The number of rotatable bonds is 9. The Morgan fingerprint density at radius 3 is 2.50 bits per heavy atom. The van der Waals surface area contributed by atoms with Gasteiger partial charge in [-0.05, 0) is 24.5 Å². The minimum atomic E-state index is -0.683. The van der Waals surface area contributed by atoms with Crippen LogP contribution >= 0.6 is 0 Å². The highest BCUT2D eigenvalue weighted by atomic mass is 16.5. The fraction of sp³-hybridized carbons (Fsp3) is 0.471. The quantitative estimate of drug-likeness (QED) is 0.659. The molecular formula is C17H24N2O5. The lowest BCUT2D eigenvalue weighted by molar-refractivity contribution is -0.147. The second-order valence-corrected chi connectivity index (χ2v) is 5.58. The molecule has 0 aliphatic carbocycles. The number of hydrogen-bond donors (Lipinski definition) is 2. The molecule has 0 atom stereocenters. The summed E-state index contributed by atoms with van der Waals surface area (Å²) in [5.74, 6) is -0.603. The van der Waals surface area contributed by atoms with Crippen molar-refractivity contribution < 1.29 is 23.9 Å². The largest absolute Gasteiger partial charge is 0.496 e. The average molecular weight is 336 g/mol. The molecule has 0 heterocycles. The van der Waals surface area contributed by atoms with Gasteiger partial charge in [0.1, 0.15) is 12.3 Å². The molecule has 0 radical (unpaired) electrons. The highest BCUT2D eigenvalue weighted by Gasteiger charge is 2.13. The summed E-state index contributed by atoms with van der Waals surface area (Å²) >= 11 is 0. The van der Waals surface area contributed by atoms with E-state index >= 15 is 0 Å². The third-order valence-electron chi connectivity index (χ3n) is 3.15. The zero-order valence-corrected chi connectivity index (χ0v) is 14.3. The molecule has 2 N–H and O–H groups in total. The summed E-state index contributed by atoms with van der Waals surface area (Å²) in [6.45, 7) is 3.96. The van der Waals surface area contributed by atoms with Crippen LogP contribution in [0.15, 0.2) is 24.3 Å². The summed E-state index contributed by atoms with van der Waals surface area (Å²) in [5, 5.41) is 5.09. The summed E-state index contributed by atoms with van der Waals surface area (Å²) in [4.78, 5) is 35.0. The third-order valence-corrected chi connectivity index (χ3v) is 3.15. The number of carbonyl (C=O) groups excluding carboxylic acids is 3. The molecule has 0 spiro atoms. The van der Waals surface area contributed by atoms with Crippen molar-refractivity contribution in [2.45, 2.75) is 20.3 Å². The molecule has 24 heavy (non-hydrogen) atoms. The van der Waals surface area contributed by atoms with Gasteiger partial charge in [0.25, 0.3) is 11.8 Å². The van der Waals surface area contributed by atoms with Crippen LogP contribution in [0.4, 0.5) is 0 Å². The molecule has 0 aromatic heterocycles.